The summed E-state index contributed by atoms with van der Waals surface area (Å²) >= 11 is 6.27. The molecule has 20 N–H and O–H groups in total. The molecule has 6 aromatic carbocycles. The highest BCUT2D eigenvalue weighted by molar-refractivity contribution is 6.30. The number of hydrogen-bond donors (Lipinski definition) is 17. The first kappa shape index (κ1) is 90.3. The number of nitrogens with two attached hydrogens (primary N) is 3. The number of ether oxygens (including phenoxy) is 1. The number of primary amides is 2. The van der Waals surface area contributed by atoms with E-state index in [0.29, 0.717) is 66.5 Å². The fourth-order valence-corrected chi connectivity index (χ4v) is 13.9. The van der Waals surface area contributed by atoms with Crippen LogP contribution in [0.5, 0.6) is 0 Å². The second-order valence-corrected chi connectivity index (χ2v) is 29.8. The molecule has 117 heavy (non-hydrogen) atoms. The summed E-state index contributed by atoms with van der Waals surface area (Å²) in [5.74, 6) is -12.3. The van der Waals surface area contributed by atoms with Crippen molar-refractivity contribution in [3.8, 4) is 0 Å². The zero-order valence-electron chi connectivity index (χ0n) is 65.4. The molecule has 2 saturated heterocycles. The number of halogens is 1. The van der Waals surface area contributed by atoms with Crippen LogP contribution in [-0.2, 0) is 101 Å². The minimum atomic E-state index is -1.92. The minimum absolute atomic E-state index is 0.0412. The molecule has 2 aliphatic rings. The number of guanidine groups is 1. The number of carbonyl (C=O) groups excluding carboxylic acids is 11. The van der Waals surface area contributed by atoms with E-state index in [4.69, 9.17) is 38.9 Å². The number of urea groups is 1. The maximum atomic E-state index is 15.5. The van der Waals surface area contributed by atoms with Crippen molar-refractivity contribution in [3.05, 3.63) is 184 Å². The van der Waals surface area contributed by atoms with Crippen molar-refractivity contribution in [2.45, 2.75) is 152 Å². The smallest absolute Gasteiger partial charge is 0.323 e. The number of carbonyl (C=O) groups is 13. The summed E-state index contributed by atoms with van der Waals surface area (Å²) in [4.78, 5) is 187. The van der Waals surface area contributed by atoms with Gasteiger partial charge in [0.2, 0.25) is 59.1 Å². The van der Waals surface area contributed by atoms with E-state index in [1.54, 1.807) is 92.7 Å². The normalized spacial score (nSPS) is 15.7. The summed E-state index contributed by atoms with van der Waals surface area (Å²) in [6.45, 7) is 5.57. The number of benzene rings is 6. The number of aliphatic hydroxyl groups is 1. The zero-order chi connectivity index (χ0) is 84.8. The molecule has 0 aromatic heterocycles. The van der Waals surface area contributed by atoms with E-state index in [1.165, 1.54) is 36.1 Å². The first-order chi connectivity index (χ1) is 55.9. The maximum Gasteiger partial charge on any atom is 0.323 e. The Morgan fingerprint density at radius 3 is 1.49 bits per heavy atom. The Morgan fingerprint density at radius 1 is 0.521 bits per heavy atom. The van der Waals surface area contributed by atoms with Crippen LogP contribution in [0.15, 0.2) is 146 Å². The van der Waals surface area contributed by atoms with Crippen LogP contribution in [0.2, 0.25) is 5.02 Å². The number of anilines is 1. The summed E-state index contributed by atoms with van der Waals surface area (Å²) < 4.78 is 5.55. The van der Waals surface area contributed by atoms with E-state index in [0.717, 1.165) is 21.2 Å². The van der Waals surface area contributed by atoms with Crippen LogP contribution in [0.1, 0.15) is 86.3 Å². The van der Waals surface area contributed by atoms with Gasteiger partial charge in [-0.3, -0.25) is 67.8 Å². The first-order valence-electron chi connectivity index (χ1n) is 38.6. The second kappa shape index (κ2) is 44.6. The lowest BCUT2D eigenvalue weighted by Gasteiger charge is -2.31. The molecule has 0 bridgehead atoms. The van der Waals surface area contributed by atoms with Gasteiger partial charge in [0, 0.05) is 75.5 Å². The SMILES string of the molecule is CC(C)C[C@H](NC(=O)[C@@H](Cc1ccc(CN2CCOCC2)cc1)NC(=O)[C@H](Cc1ccc(N(CC(=O)O)CC(=O)O)cc1)NC(=O)[C@H](CO)NC(=O)[C@@H](Cc1ccccc1)NC(=O)[C@@H](Cc1ccc(Cl)cc1)NC(=O)[C@@H](Cc1cccc2ccccc12)NC(N)=O)C(=O)N[C@@H](CCCNC(=N)N)C(=O)N1CCC[C@H]1C(=O)N[C@H](C)C(N)=O. The van der Waals surface area contributed by atoms with Crippen molar-refractivity contribution in [3.63, 3.8) is 0 Å². The Morgan fingerprint density at radius 2 is 0.974 bits per heavy atom. The van der Waals surface area contributed by atoms with Gasteiger partial charge in [-0.05, 0) is 113 Å². The summed E-state index contributed by atoms with van der Waals surface area (Å²) in [7, 11) is 0. The van der Waals surface area contributed by atoms with Crippen LogP contribution >= 0.6 is 11.6 Å². The van der Waals surface area contributed by atoms with Gasteiger partial charge in [-0.25, -0.2) is 4.79 Å². The molecule has 10 atom stereocenters. The number of hydrogen-bond acceptors (Lipinski definition) is 18. The van der Waals surface area contributed by atoms with Gasteiger partial charge in [0.15, 0.2) is 5.96 Å². The van der Waals surface area contributed by atoms with E-state index >= 15 is 24.0 Å². The first-order valence-corrected chi connectivity index (χ1v) is 39.0. The summed E-state index contributed by atoms with van der Waals surface area (Å²) in [6, 6.07) is 24.8. The predicted octanol–water partition coefficient (Wildman–Crippen LogP) is 0.527. The third kappa shape index (κ3) is 28.6. The molecule has 0 saturated carbocycles. The monoisotopic (exact) mass is 1630 g/mol. The number of carboxylic acid groups (broad SMARTS) is 2. The van der Waals surface area contributed by atoms with Crippen LogP contribution in [0, 0.1) is 11.3 Å². The van der Waals surface area contributed by atoms with Gasteiger partial charge in [0.25, 0.3) is 0 Å². The standard InChI is InChI=1S/C82H104ClN17O17/c1-48(2)38-61(72(107)90-60(18-10-32-88-81(85)86)80(115)100-33-11-19-68(100)79(114)89-49(3)71(84)106)91-73(108)63(40-51-20-22-54(23-21-51)44-98-34-36-117-37-35-98)93-75(110)65(42-53-26-30-58(31-27-53)99(45-69(102)103)46-70(104)105)95-78(113)67(47-101)96-76(111)62(39-50-12-5-4-6-13-50)92-74(109)64(41-52-24-28-57(83)29-25-52)94-77(112)66(97-82(87)116)43-56-16-9-15-55-14-7-8-17-59(55)56/h4-9,12-17,20-31,48-49,60-68,101H,10-11,18-19,32-47H2,1-3H3,(H2,84,106)(H,89,114)(H,90,107)(H,91,108)(H,92,109)(H,93,110)(H,94,112)(H,95,113)(H,96,111)(H,102,103)(H,104,105)(H4,85,86,88)(H3,87,97,116)/t49-,60+,61+,62-,63-,64-,65+,66-,67+,68+/m1/s1. The topological polar surface area (TPSA) is 524 Å². The molecule has 0 spiro atoms. The van der Waals surface area contributed by atoms with Gasteiger partial charge in [0.1, 0.15) is 73.5 Å². The van der Waals surface area contributed by atoms with Crippen molar-refractivity contribution >= 4 is 111 Å². The van der Waals surface area contributed by atoms with E-state index in [9.17, 15) is 53.7 Å². The molecular weight excluding hydrogens is 1530 g/mol. The van der Waals surface area contributed by atoms with Crippen molar-refractivity contribution in [1.29, 1.82) is 5.41 Å². The Bertz CT molecular complexity index is 4440. The Balaban J connectivity index is 1.11. The van der Waals surface area contributed by atoms with Crippen molar-refractivity contribution in [2.24, 2.45) is 23.1 Å². The lowest BCUT2D eigenvalue weighted by Crippen LogP contribution is -2.62. The molecule has 6 aromatic rings. The lowest BCUT2D eigenvalue weighted by molar-refractivity contribution is -0.142. The van der Waals surface area contributed by atoms with Crippen molar-refractivity contribution < 1.29 is 82.4 Å². The molecule has 0 unspecified atom stereocenters. The Hall–Kier alpha value is -12.3. The van der Waals surface area contributed by atoms with Crippen LogP contribution < -0.4 is 75.3 Å². The summed E-state index contributed by atoms with van der Waals surface area (Å²) in [5, 5.41) is 67.0. The number of likely N-dealkylation sites (tertiary alicyclic amines) is 1. The molecule has 2 heterocycles. The van der Waals surface area contributed by atoms with Gasteiger partial charge >= 0.3 is 18.0 Å². The highest BCUT2D eigenvalue weighted by Crippen LogP contribution is 2.24. The average molecular weight is 1640 g/mol. The number of aliphatic hydroxyl groups excluding tert-OH is 1. The highest BCUT2D eigenvalue weighted by atomic mass is 35.5. The van der Waals surface area contributed by atoms with Crippen LogP contribution in [0.4, 0.5) is 10.5 Å². The van der Waals surface area contributed by atoms with Gasteiger partial charge in [0.05, 0.1) is 19.8 Å². The largest absolute Gasteiger partial charge is 0.480 e. The third-order valence-electron chi connectivity index (χ3n) is 19.9. The molecule has 0 aliphatic carbocycles. The van der Waals surface area contributed by atoms with E-state index in [1.807, 2.05) is 42.5 Å². The molecule has 12 amide bonds. The molecule has 626 valence electrons. The van der Waals surface area contributed by atoms with E-state index < -0.39 is 164 Å². The molecule has 35 heteroatoms. The van der Waals surface area contributed by atoms with Crippen LogP contribution in [0.3, 0.4) is 0 Å². The molecule has 0 radical (unpaired) electrons. The highest BCUT2D eigenvalue weighted by Gasteiger charge is 2.41. The van der Waals surface area contributed by atoms with Crippen molar-refractivity contribution in [1.82, 2.24) is 63.0 Å². The lowest BCUT2D eigenvalue weighted by atomic mass is 9.97. The van der Waals surface area contributed by atoms with Crippen LogP contribution in [0.25, 0.3) is 10.8 Å². The number of rotatable bonds is 43. The second-order valence-electron chi connectivity index (χ2n) is 29.4. The van der Waals surface area contributed by atoms with Gasteiger partial charge in [-0.2, -0.15) is 0 Å². The number of amides is 12. The number of morpholine rings is 1. The summed E-state index contributed by atoms with van der Waals surface area (Å²) in [6.07, 6.45) is -0.543. The number of nitrogens with zero attached hydrogens (tertiary/aromatic N) is 3. The third-order valence-corrected chi connectivity index (χ3v) is 20.1. The number of fused-ring (bicyclic) bond motifs is 1. The number of aliphatic carboxylic acids is 2. The van der Waals surface area contributed by atoms with Gasteiger partial charge in [-0.15, -0.1) is 0 Å². The fourth-order valence-electron chi connectivity index (χ4n) is 13.8. The minimum Gasteiger partial charge on any atom is -0.480 e. The number of carboxylic acids is 2. The maximum absolute atomic E-state index is 15.5. The van der Waals surface area contributed by atoms with Gasteiger partial charge in [-0.1, -0.05) is 147 Å². The van der Waals surface area contributed by atoms with E-state index in [2.05, 4.69) is 58.1 Å². The van der Waals surface area contributed by atoms with Crippen molar-refractivity contribution in [2.75, 3.05) is 64.0 Å². The van der Waals surface area contributed by atoms with Crippen LogP contribution in [-0.4, -0.2) is 228 Å². The zero-order valence-corrected chi connectivity index (χ0v) is 66.1. The molecule has 2 aliphatic heterocycles. The number of nitrogens with one attached hydrogen (secondary N) is 11. The average Bonchev–Trinajstić information content (AvgIpc) is 1.81. The molecule has 2 fully saturated rings. The molecule has 8 rings (SSSR count). The Kier molecular flexibility index (Phi) is 34.4. The molecule has 34 nitrogen and oxygen atoms in total. The van der Waals surface area contributed by atoms with Gasteiger partial charge < -0.3 is 100 Å². The quantitative estimate of drug-likeness (QED) is 0.0141. The fraction of sp³-hybridized carbons (Fsp3) is 0.415. The molecular formula is C82H104ClN17O17. The van der Waals surface area contributed by atoms with E-state index in [-0.39, 0.29) is 87.6 Å². The summed E-state index contributed by atoms with van der Waals surface area (Å²) in [5.41, 5.74) is 20.1. The Labute approximate surface area is 681 Å². The predicted molar refractivity (Wildman–Crippen MR) is 434 cm³/mol.